The minimum Gasteiger partial charge on any atom is -0.508 e. The maximum Gasteiger partial charge on any atom is 0.446 e. The molecule has 6 heteroatoms. The van der Waals surface area contributed by atoms with Crippen LogP contribution in [0.5, 0.6) is 5.75 Å². The normalized spacial score (nSPS) is 11.3. The molecule has 0 amide bonds. The molecule has 2 aromatic rings. The smallest absolute Gasteiger partial charge is 0.446 e. The average Bonchev–Trinajstić information content (AvgIpc) is 2.36. The van der Waals surface area contributed by atoms with Gasteiger partial charge in [0.05, 0.1) is 0 Å². The van der Waals surface area contributed by atoms with Crippen molar-refractivity contribution in [1.82, 2.24) is 0 Å². The van der Waals surface area contributed by atoms with Crippen LogP contribution < -0.4 is 5.32 Å². The van der Waals surface area contributed by atoms with Gasteiger partial charge in [0.15, 0.2) is 0 Å². The van der Waals surface area contributed by atoms with Crippen LogP contribution in [-0.2, 0) is 6.54 Å². The van der Waals surface area contributed by atoms with Crippen LogP contribution in [-0.4, -0.2) is 10.6 Å². The van der Waals surface area contributed by atoms with Gasteiger partial charge in [-0.2, -0.15) is 13.2 Å². The summed E-state index contributed by atoms with van der Waals surface area (Å²) in [6.45, 7) is 0.337. The van der Waals surface area contributed by atoms with Crippen molar-refractivity contribution >= 4 is 17.4 Å². The fourth-order valence-electron chi connectivity index (χ4n) is 1.69. The number of alkyl halides is 3. The minimum atomic E-state index is -4.32. The topological polar surface area (TPSA) is 32.3 Å². The van der Waals surface area contributed by atoms with Crippen LogP contribution in [0.2, 0.25) is 0 Å². The van der Waals surface area contributed by atoms with Crippen LogP contribution >= 0.6 is 11.8 Å². The van der Waals surface area contributed by atoms with Crippen molar-refractivity contribution in [3.05, 3.63) is 54.1 Å². The number of anilines is 1. The Morgan fingerprint density at radius 1 is 1.05 bits per heavy atom. The van der Waals surface area contributed by atoms with Gasteiger partial charge in [0, 0.05) is 17.1 Å². The molecule has 2 aromatic carbocycles. The molecule has 0 aliphatic heterocycles. The predicted molar refractivity (Wildman–Crippen MR) is 73.8 cm³/mol. The Balaban J connectivity index is 2.09. The zero-order chi connectivity index (χ0) is 14.6. The average molecular weight is 299 g/mol. The number of hydrogen-bond donors (Lipinski definition) is 2. The van der Waals surface area contributed by atoms with Crippen molar-refractivity contribution in [2.75, 3.05) is 5.32 Å². The molecule has 0 heterocycles. The van der Waals surface area contributed by atoms with E-state index < -0.39 is 5.51 Å². The molecule has 0 unspecified atom stereocenters. The summed E-state index contributed by atoms with van der Waals surface area (Å²) in [4.78, 5) is 0.125. The lowest BCUT2D eigenvalue weighted by Crippen LogP contribution is -2.04. The number of nitrogens with one attached hydrogen (secondary N) is 1. The molecular weight excluding hydrogens is 287 g/mol. The number of benzene rings is 2. The van der Waals surface area contributed by atoms with E-state index in [1.807, 2.05) is 0 Å². The molecule has 20 heavy (non-hydrogen) atoms. The first-order valence-corrected chi connectivity index (χ1v) is 6.62. The van der Waals surface area contributed by atoms with Gasteiger partial charge in [-0.3, -0.25) is 0 Å². The Morgan fingerprint density at radius 2 is 1.80 bits per heavy atom. The quantitative estimate of drug-likeness (QED) is 0.808. The minimum absolute atomic E-state index is 0.125. The number of halogens is 3. The first-order chi connectivity index (χ1) is 9.44. The van der Waals surface area contributed by atoms with E-state index in [2.05, 4.69) is 5.32 Å². The molecule has 0 radical (unpaired) electrons. The van der Waals surface area contributed by atoms with E-state index in [1.54, 1.807) is 36.4 Å². The third kappa shape index (κ3) is 4.38. The van der Waals surface area contributed by atoms with E-state index in [-0.39, 0.29) is 22.4 Å². The predicted octanol–water partition coefficient (Wildman–Crippen LogP) is 4.62. The van der Waals surface area contributed by atoms with E-state index >= 15 is 0 Å². The zero-order valence-corrected chi connectivity index (χ0v) is 11.1. The van der Waals surface area contributed by atoms with Gasteiger partial charge in [-0.15, -0.1) is 0 Å². The molecule has 106 valence electrons. The van der Waals surface area contributed by atoms with Crippen LogP contribution in [0.25, 0.3) is 0 Å². The molecule has 0 saturated heterocycles. The third-order valence-electron chi connectivity index (χ3n) is 2.51. The van der Waals surface area contributed by atoms with Gasteiger partial charge < -0.3 is 10.4 Å². The summed E-state index contributed by atoms with van der Waals surface area (Å²) in [5, 5.41) is 12.3. The van der Waals surface area contributed by atoms with Gasteiger partial charge in [0.2, 0.25) is 0 Å². The van der Waals surface area contributed by atoms with E-state index in [4.69, 9.17) is 0 Å². The Bertz CT molecular complexity index is 587. The number of phenolic OH excluding ortho intramolecular Hbond substituents is 1. The molecule has 0 saturated carbocycles. The molecule has 0 atom stereocenters. The summed E-state index contributed by atoms with van der Waals surface area (Å²) in [6, 6.07) is 12.8. The van der Waals surface area contributed by atoms with Crippen molar-refractivity contribution in [3.8, 4) is 5.75 Å². The maximum atomic E-state index is 12.4. The highest BCUT2D eigenvalue weighted by Gasteiger charge is 2.30. The van der Waals surface area contributed by atoms with Crippen molar-refractivity contribution in [1.29, 1.82) is 0 Å². The molecule has 0 fully saturated rings. The Labute approximate surface area is 118 Å². The lowest BCUT2D eigenvalue weighted by Gasteiger charge is -2.13. The standard InChI is InChI=1S/C14H12F3NOS/c15-14(16,17)20-13-7-2-1-6-12(13)18-9-10-4-3-5-11(19)8-10/h1-8,18-19H,9H2. The number of rotatable bonds is 4. The summed E-state index contributed by atoms with van der Waals surface area (Å²) in [5.74, 6) is 0.127. The second kappa shape index (κ2) is 6.09. The number of hydrogen-bond acceptors (Lipinski definition) is 3. The monoisotopic (exact) mass is 299 g/mol. The molecule has 0 bridgehead atoms. The van der Waals surface area contributed by atoms with E-state index in [0.717, 1.165) is 5.56 Å². The SMILES string of the molecule is Oc1cccc(CNc2ccccc2SC(F)(F)F)c1. The highest BCUT2D eigenvalue weighted by atomic mass is 32.2. The van der Waals surface area contributed by atoms with Crippen LogP contribution in [0.4, 0.5) is 18.9 Å². The van der Waals surface area contributed by atoms with Gasteiger partial charge in [0.25, 0.3) is 0 Å². The van der Waals surface area contributed by atoms with E-state index in [1.165, 1.54) is 12.1 Å². The van der Waals surface area contributed by atoms with E-state index in [9.17, 15) is 18.3 Å². The van der Waals surface area contributed by atoms with Crippen molar-refractivity contribution in [2.45, 2.75) is 16.9 Å². The van der Waals surface area contributed by atoms with Crippen molar-refractivity contribution in [3.63, 3.8) is 0 Å². The summed E-state index contributed by atoms with van der Waals surface area (Å²) >= 11 is -0.146. The molecule has 0 aliphatic rings. The Morgan fingerprint density at radius 3 is 2.50 bits per heavy atom. The van der Waals surface area contributed by atoms with Crippen LogP contribution in [0.3, 0.4) is 0 Å². The van der Waals surface area contributed by atoms with Gasteiger partial charge in [0.1, 0.15) is 5.75 Å². The zero-order valence-electron chi connectivity index (χ0n) is 10.3. The molecular formula is C14H12F3NOS. The lowest BCUT2D eigenvalue weighted by molar-refractivity contribution is -0.0327. The first-order valence-electron chi connectivity index (χ1n) is 5.80. The molecule has 2 rings (SSSR count). The van der Waals surface area contributed by atoms with E-state index in [0.29, 0.717) is 12.2 Å². The van der Waals surface area contributed by atoms with Gasteiger partial charge >= 0.3 is 5.51 Å². The molecule has 2 N–H and O–H groups in total. The van der Waals surface area contributed by atoms with Crippen molar-refractivity contribution in [2.24, 2.45) is 0 Å². The lowest BCUT2D eigenvalue weighted by atomic mass is 10.2. The molecule has 0 spiro atoms. The maximum absolute atomic E-state index is 12.4. The highest BCUT2D eigenvalue weighted by molar-refractivity contribution is 8.00. The molecule has 0 aromatic heterocycles. The number of para-hydroxylation sites is 1. The van der Waals surface area contributed by atoms with Crippen molar-refractivity contribution < 1.29 is 18.3 Å². The van der Waals surface area contributed by atoms with Gasteiger partial charge in [-0.25, -0.2) is 0 Å². The summed E-state index contributed by atoms with van der Waals surface area (Å²) < 4.78 is 37.3. The van der Waals surface area contributed by atoms with Crippen LogP contribution in [0, 0.1) is 0 Å². The highest BCUT2D eigenvalue weighted by Crippen LogP contribution is 2.40. The Hall–Kier alpha value is -1.82. The number of phenols is 1. The second-order valence-electron chi connectivity index (χ2n) is 4.07. The van der Waals surface area contributed by atoms with Crippen LogP contribution in [0.15, 0.2) is 53.4 Å². The summed E-state index contributed by atoms with van der Waals surface area (Å²) in [6.07, 6.45) is 0. The third-order valence-corrected chi connectivity index (χ3v) is 3.31. The molecule has 0 aliphatic carbocycles. The largest absolute Gasteiger partial charge is 0.508 e. The fourth-order valence-corrected chi connectivity index (χ4v) is 2.34. The second-order valence-corrected chi connectivity index (χ2v) is 5.17. The number of aromatic hydroxyl groups is 1. The summed E-state index contributed by atoms with van der Waals surface area (Å²) in [7, 11) is 0. The van der Waals surface area contributed by atoms with Gasteiger partial charge in [-0.1, -0.05) is 24.3 Å². The Kier molecular flexibility index (Phi) is 4.44. The first kappa shape index (κ1) is 14.6. The molecule has 2 nitrogen and oxygen atoms in total. The van der Waals surface area contributed by atoms with Crippen LogP contribution in [0.1, 0.15) is 5.56 Å². The van der Waals surface area contributed by atoms with Gasteiger partial charge in [-0.05, 0) is 41.6 Å². The number of thioether (sulfide) groups is 1. The summed E-state index contributed by atoms with van der Waals surface area (Å²) in [5.41, 5.74) is -3.11. The fraction of sp³-hybridized carbons (Fsp3) is 0.143.